The molecule has 27 heavy (non-hydrogen) atoms. The molecule has 1 aromatic rings. The predicted octanol–water partition coefficient (Wildman–Crippen LogP) is 2.87. The molecule has 0 aliphatic heterocycles. The Morgan fingerprint density at radius 1 is 1.19 bits per heavy atom. The summed E-state index contributed by atoms with van der Waals surface area (Å²) in [6.07, 6.45) is 1.34. The Hall–Kier alpha value is -2.57. The molecule has 0 radical (unpaired) electrons. The number of carboxylic acid groups (broad SMARTS) is 1. The van der Waals surface area contributed by atoms with Gasteiger partial charge in [-0.05, 0) is 50.7 Å². The number of methoxy groups -OCH3 is 1. The van der Waals surface area contributed by atoms with E-state index in [1.165, 1.54) is 7.11 Å². The summed E-state index contributed by atoms with van der Waals surface area (Å²) in [5.41, 5.74) is 0.891. The van der Waals surface area contributed by atoms with Crippen LogP contribution >= 0.6 is 0 Å². The number of esters is 1. The van der Waals surface area contributed by atoms with Crippen LogP contribution in [-0.4, -0.2) is 41.9 Å². The maximum Gasteiger partial charge on any atom is 0.408 e. The van der Waals surface area contributed by atoms with Crippen LogP contribution in [0.5, 0.6) is 0 Å². The lowest BCUT2D eigenvalue weighted by molar-refractivity contribution is -0.143. The first-order valence-electron chi connectivity index (χ1n) is 8.99. The molecule has 1 aliphatic carbocycles. The van der Waals surface area contributed by atoms with Crippen LogP contribution in [-0.2, 0) is 25.5 Å². The third-order valence-corrected chi connectivity index (χ3v) is 4.32. The molecule has 2 atom stereocenters. The highest BCUT2D eigenvalue weighted by atomic mass is 16.6. The SMILES string of the molecule is COC(=O)C(c1ccc(C[C@H](NC(=O)OC(C)(C)C)C(=O)O)cc1)C1CC1. The molecule has 1 saturated carbocycles. The molecule has 0 spiro atoms. The highest BCUT2D eigenvalue weighted by Gasteiger charge is 2.38. The molecular formula is C20H27NO6. The van der Waals surface area contributed by atoms with Crippen LogP contribution in [0.4, 0.5) is 4.79 Å². The fourth-order valence-corrected chi connectivity index (χ4v) is 2.90. The Kier molecular flexibility index (Phi) is 6.46. The zero-order valence-corrected chi connectivity index (χ0v) is 16.2. The van der Waals surface area contributed by atoms with Crippen molar-refractivity contribution in [2.75, 3.05) is 7.11 Å². The van der Waals surface area contributed by atoms with E-state index in [2.05, 4.69) is 5.32 Å². The molecule has 1 fully saturated rings. The Bertz CT molecular complexity index is 687. The molecular weight excluding hydrogens is 350 g/mol. The third-order valence-electron chi connectivity index (χ3n) is 4.32. The van der Waals surface area contributed by atoms with E-state index in [1.54, 1.807) is 32.9 Å². The molecule has 7 heteroatoms. The number of hydrogen-bond acceptors (Lipinski definition) is 5. The van der Waals surface area contributed by atoms with Crippen molar-refractivity contribution in [3.05, 3.63) is 35.4 Å². The second-order valence-corrected chi connectivity index (χ2v) is 7.82. The summed E-state index contributed by atoms with van der Waals surface area (Å²) < 4.78 is 10.0. The van der Waals surface area contributed by atoms with Gasteiger partial charge >= 0.3 is 18.0 Å². The highest BCUT2D eigenvalue weighted by Crippen LogP contribution is 2.43. The number of amides is 1. The summed E-state index contributed by atoms with van der Waals surface area (Å²) in [7, 11) is 1.38. The quantitative estimate of drug-likeness (QED) is 0.709. The number of ether oxygens (including phenoxy) is 2. The lowest BCUT2D eigenvalue weighted by Crippen LogP contribution is -2.44. The number of alkyl carbamates (subject to hydrolysis) is 1. The summed E-state index contributed by atoms with van der Waals surface area (Å²) in [5.74, 6) is -1.36. The predicted molar refractivity (Wildman–Crippen MR) is 98.4 cm³/mol. The van der Waals surface area contributed by atoms with Gasteiger partial charge in [0, 0.05) is 6.42 Å². The second kappa shape index (κ2) is 8.41. The largest absolute Gasteiger partial charge is 0.480 e. The summed E-state index contributed by atoms with van der Waals surface area (Å²) in [5, 5.41) is 11.8. The Balaban J connectivity index is 2.05. The molecule has 148 valence electrons. The number of hydrogen-bond donors (Lipinski definition) is 2. The third kappa shape index (κ3) is 6.27. The average Bonchev–Trinajstić information content (AvgIpc) is 3.38. The summed E-state index contributed by atoms with van der Waals surface area (Å²) in [6, 6.07) is 6.09. The Labute approximate surface area is 159 Å². The van der Waals surface area contributed by atoms with Gasteiger partial charge in [0.1, 0.15) is 11.6 Å². The second-order valence-electron chi connectivity index (χ2n) is 7.82. The van der Waals surface area contributed by atoms with E-state index < -0.39 is 23.7 Å². The van der Waals surface area contributed by atoms with Crippen molar-refractivity contribution in [3.8, 4) is 0 Å². The molecule has 1 aromatic carbocycles. The average molecular weight is 377 g/mol. The molecule has 0 bridgehead atoms. The van der Waals surface area contributed by atoms with Gasteiger partial charge in [0.25, 0.3) is 0 Å². The summed E-state index contributed by atoms with van der Waals surface area (Å²) in [6.45, 7) is 5.12. The number of carbonyl (C=O) groups excluding carboxylic acids is 2. The Morgan fingerprint density at radius 3 is 2.22 bits per heavy atom. The van der Waals surface area contributed by atoms with Crippen molar-refractivity contribution in [3.63, 3.8) is 0 Å². The first-order valence-corrected chi connectivity index (χ1v) is 8.99. The fraction of sp³-hybridized carbons (Fsp3) is 0.550. The molecule has 1 unspecified atom stereocenters. The summed E-state index contributed by atoms with van der Waals surface area (Å²) in [4.78, 5) is 35.3. The molecule has 2 rings (SSSR count). The molecule has 0 heterocycles. The van der Waals surface area contributed by atoms with Gasteiger partial charge in [-0.3, -0.25) is 4.79 Å². The molecule has 7 nitrogen and oxygen atoms in total. The van der Waals surface area contributed by atoms with E-state index in [1.807, 2.05) is 12.1 Å². The van der Waals surface area contributed by atoms with Gasteiger partial charge in [0.05, 0.1) is 13.0 Å². The van der Waals surface area contributed by atoms with Crippen molar-refractivity contribution in [2.45, 2.75) is 57.6 Å². The van der Waals surface area contributed by atoms with E-state index >= 15 is 0 Å². The first kappa shape index (κ1) is 20.7. The van der Waals surface area contributed by atoms with E-state index in [-0.39, 0.29) is 18.3 Å². The maximum atomic E-state index is 12.0. The molecule has 1 amide bonds. The standard InChI is InChI=1S/C20H27NO6/c1-20(2,3)27-19(25)21-15(17(22)23)11-12-5-7-13(8-6-12)16(14-9-10-14)18(24)26-4/h5-8,14-16H,9-11H2,1-4H3,(H,21,25)(H,22,23)/t15-,16?/m0/s1. The van der Waals surface area contributed by atoms with Crippen molar-refractivity contribution < 1.29 is 29.0 Å². The maximum absolute atomic E-state index is 12.0. The number of carboxylic acids is 1. The van der Waals surface area contributed by atoms with Crippen molar-refractivity contribution in [1.82, 2.24) is 5.32 Å². The molecule has 0 aromatic heterocycles. The fourth-order valence-electron chi connectivity index (χ4n) is 2.90. The van der Waals surface area contributed by atoms with E-state index in [9.17, 15) is 19.5 Å². The minimum atomic E-state index is -1.14. The molecule has 1 aliphatic rings. The van der Waals surface area contributed by atoms with Crippen molar-refractivity contribution in [1.29, 1.82) is 0 Å². The number of benzene rings is 1. The van der Waals surface area contributed by atoms with Crippen LogP contribution in [0.25, 0.3) is 0 Å². The van der Waals surface area contributed by atoms with Crippen LogP contribution in [0, 0.1) is 5.92 Å². The van der Waals surface area contributed by atoms with Crippen molar-refractivity contribution in [2.24, 2.45) is 5.92 Å². The normalized spacial score (nSPS) is 16.1. The Morgan fingerprint density at radius 2 is 1.78 bits per heavy atom. The van der Waals surface area contributed by atoms with Crippen molar-refractivity contribution >= 4 is 18.0 Å². The van der Waals surface area contributed by atoms with Gasteiger partial charge in [-0.2, -0.15) is 0 Å². The smallest absolute Gasteiger partial charge is 0.408 e. The van der Waals surface area contributed by atoms with Gasteiger partial charge < -0.3 is 19.9 Å². The summed E-state index contributed by atoms with van der Waals surface area (Å²) >= 11 is 0. The lowest BCUT2D eigenvalue weighted by Gasteiger charge is -2.22. The van der Waals surface area contributed by atoms with Gasteiger partial charge in [-0.1, -0.05) is 24.3 Å². The number of aliphatic carboxylic acids is 1. The van der Waals surface area contributed by atoms with E-state index in [0.717, 1.165) is 24.0 Å². The minimum absolute atomic E-state index is 0.112. The van der Waals surface area contributed by atoms with Gasteiger partial charge in [0.15, 0.2) is 0 Å². The van der Waals surface area contributed by atoms with Crippen LogP contribution in [0.1, 0.15) is 50.7 Å². The number of rotatable bonds is 7. The van der Waals surface area contributed by atoms with Gasteiger partial charge in [-0.25, -0.2) is 9.59 Å². The van der Waals surface area contributed by atoms with Crippen LogP contribution in [0.3, 0.4) is 0 Å². The monoisotopic (exact) mass is 377 g/mol. The van der Waals surface area contributed by atoms with Crippen LogP contribution in [0.15, 0.2) is 24.3 Å². The van der Waals surface area contributed by atoms with Crippen LogP contribution in [0.2, 0.25) is 0 Å². The molecule has 0 saturated heterocycles. The van der Waals surface area contributed by atoms with Crippen LogP contribution < -0.4 is 5.32 Å². The highest BCUT2D eigenvalue weighted by molar-refractivity contribution is 5.80. The number of carbonyl (C=O) groups is 3. The van der Waals surface area contributed by atoms with Gasteiger partial charge in [0.2, 0.25) is 0 Å². The van der Waals surface area contributed by atoms with E-state index in [4.69, 9.17) is 9.47 Å². The first-order chi connectivity index (χ1) is 12.6. The van der Waals surface area contributed by atoms with E-state index in [0.29, 0.717) is 5.92 Å². The van der Waals surface area contributed by atoms with Gasteiger partial charge in [-0.15, -0.1) is 0 Å². The topological polar surface area (TPSA) is 102 Å². The minimum Gasteiger partial charge on any atom is -0.480 e. The lowest BCUT2D eigenvalue weighted by atomic mass is 9.92. The zero-order chi connectivity index (χ0) is 20.2. The zero-order valence-electron chi connectivity index (χ0n) is 16.2. The number of nitrogens with one attached hydrogen (secondary N) is 1. The molecule has 2 N–H and O–H groups in total.